The molecule has 2 aromatic heterocycles. The maximum Gasteiger partial charge on any atom is 0.338 e. The van der Waals surface area contributed by atoms with Crippen molar-refractivity contribution < 1.29 is 14.3 Å². The zero-order chi connectivity index (χ0) is 19.3. The molecule has 4 rings (SSSR count). The van der Waals surface area contributed by atoms with Crippen LogP contribution in [0.5, 0.6) is 5.75 Å². The number of carbonyl (C=O) groups is 1. The quantitative estimate of drug-likeness (QED) is 0.457. The standard InChI is InChI=1S/C23H20N2O3/c1-2-27-23(26)17-9-11-20(12-10-17)28-16-18-15-25(19-6-5-13-24-14-19)22-8-4-3-7-21(18)22/h3-15H,2,16H2,1H3. The summed E-state index contributed by atoms with van der Waals surface area (Å²) in [6, 6.07) is 19.2. The number of benzene rings is 2. The van der Waals surface area contributed by atoms with Gasteiger partial charge in [0.15, 0.2) is 0 Å². The van der Waals surface area contributed by atoms with Gasteiger partial charge in [-0.25, -0.2) is 4.79 Å². The fourth-order valence-corrected chi connectivity index (χ4v) is 3.14. The van der Waals surface area contributed by atoms with Crippen LogP contribution in [0.1, 0.15) is 22.8 Å². The number of esters is 1. The minimum Gasteiger partial charge on any atom is -0.489 e. The number of hydrogen-bond donors (Lipinski definition) is 0. The molecule has 140 valence electrons. The van der Waals surface area contributed by atoms with E-state index in [0.717, 1.165) is 22.2 Å². The van der Waals surface area contributed by atoms with Crippen LogP contribution in [0.4, 0.5) is 0 Å². The number of pyridine rings is 1. The van der Waals surface area contributed by atoms with Crippen LogP contribution in [0, 0.1) is 0 Å². The molecule has 28 heavy (non-hydrogen) atoms. The van der Waals surface area contributed by atoms with E-state index in [4.69, 9.17) is 9.47 Å². The first-order valence-corrected chi connectivity index (χ1v) is 9.15. The van der Waals surface area contributed by atoms with Gasteiger partial charge in [0.1, 0.15) is 12.4 Å². The Morgan fingerprint density at radius 3 is 2.61 bits per heavy atom. The van der Waals surface area contributed by atoms with Crippen LogP contribution in [0.3, 0.4) is 0 Å². The highest BCUT2D eigenvalue weighted by Crippen LogP contribution is 2.26. The van der Waals surface area contributed by atoms with E-state index < -0.39 is 0 Å². The first-order valence-electron chi connectivity index (χ1n) is 9.15. The molecule has 0 aliphatic carbocycles. The van der Waals surface area contributed by atoms with Crippen LogP contribution in [0.2, 0.25) is 0 Å². The normalized spacial score (nSPS) is 10.8. The van der Waals surface area contributed by atoms with Gasteiger partial charge in [0.05, 0.1) is 29.6 Å². The molecular formula is C23H20N2O3. The lowest BCUT2D eigenvalue weighted by Crippen LogP contribution is -2.04. The molecule has 0 aliphatic heterocycles. The topological polar surface area (TPSA) is 53.4 Å². The Balaban J connectivity index is 1.56. The summed E-state index contributed by atoms with van der Waals surface area (Å²) in [5, 5.41) is 1.13. The van der Waals surface area contributed by atoms with Crippen molar-refractivity contribution in [3.8, 4) is 11.4 Å². The highest BCUT2D eigenvalue weighted by molar-refractivity contribution is 5.89. The van der Waals surface area contributed by atoms with Crippen molar-refractivity contribution in [2.45, 2.75) is 13.5 Å². The van der Waals surface area contributed by atoms with Gasteiger partial charge < -0.3 is 14.0 Å². The summed E-state index contributed by atoms with van der Waals surface area (Å²) < 4.78 is 13.1. The maximum absolute atomic E-state index is 11.7. The van der Waals surface area contributed by atoms with Crippen molar-refractivity contribution in [1.82, 2.24) is 9.55 Å². The molecular weight excluding hydrogens is 352 g/mol. The molecule has 0 atom stereocenters. The summed E-state index contributed by atoms with van der Waals surface area (Å²) in [7, 11) is 0. The first-order chi connectivity index (χ1) is 13.8. The minimum absolute atomic E-state index is 0.325. The van der Waals surface area contributed by atoms with Crippen molar-refractivity contribution in [3.63, 3.8) is 0 Å². The Hall–Kier alpha value is -3.60. The van der Waals surface area contributed by atoms with Gasteiger partial charge in [0, 0.05) is 23.3 Å². The highest BCUT2D eigenvalue weighted by atomic mass is 16.5. The second kappa shape index (κ2) is 7.96. The molecule has 0 unspecified atom stereocenters. The molecule has 0 saturated carbocycles. The Labute approximate surface area is 163 Å². The molecule has 0 fully saturated rings. The average molecular weight is 372 g/mol. The van der Waals surface area contributed by atoms with Gasteiger partial charge in [-0.2, -0.15) is 0 Å². The van der Waals surface area contributed by atoms with E-state index in [1.165, 1.54) is 0 Å². The number of ether oxygens (including phenoxy) is 2. The number of nitrogens with zero attached hydrogens (tertiary/aromatic N) is 2. The molecule has 5 nitrogen and oxygen atoms in total. The lowest BCUT2D eigenvalue weighted by atomic mass is 10.2. The molecule has 2 heterocycles. The van der Waals surface area contributed by atoms with Crippen LogP contribution >= 0.6 is 0 Å². The molecule has 4 aromatic rings. The predicted molar refractivity (Wildman–Crippen MR) is 108 cm³/mol. The number of hydrogen-bond acceptors (Lipinski definition) is 4. The molecule has 5 heteroatoms. The molecule has 0 bridgehead atoms. The summed E-state index contributed by atoms with van der Waals surface area (Å²) >= 11 is 0. The van der Waals surface area contributed by atoms with Crippen LogP contribution in [0.15, 0.2) is 79.3 Å². The number of aromatic nitrogens is 2. The molecule has 0 N–H and O–H groups in total. The van der Waals surface area contributed by atoms with Crippen molar-refractivity contribution in [3.05, 3.63) is 90.4 Å². The summed E-state index contributed by atoms with van der Waals surface area (Å²) in [6.45, 7) is 2.57. The monoisotopic (exact) mass is 372 g/mol. The Bertz CT molecular complexity index is 1090. The second-order valence-electron chi connectivity index (χ2n) is 6.29. The number of rotatable bonds is 6. The molecule has 2 aromatic carbocycles. The summed E-state index contributed by atoms with van der Waals surface area (Å²) in [4.78, 5) is 16.0. The molecule has 0 amide bonds. The summed E-state index contributed by atoms with van der Waals surface area (Å²) in [5.74, 6) is 0.375. The largest absolute Gasteiger partial charge is 0.489 e. The lowest BCUT2D eigenvalue weighted by Gasteiger charge is -2.07. The Morgan fingerprint density at radius 1 is 1.04 bits per heavy atom. The molecule has 0 spiro atoms. The Morgan fingerprint density at radius 2 is 1.86 bits per heavy atom. The zero-order valence-electron chi connectivity index (χ0n) is 15.5. The number of carbonyl (C=O) groups excluding carboxylic acids is 1. The lowest BCUT2D eigenvalue weighted by molar-refractivity contribution is 0.0526. The van der Waals surface area contributed by atoms with E-state index in [-0.39, 0.29) is 5.97 Å². The number of para-hydroxylation sites is 1. The van der Waals surface area contributed by atoms with E-state index in [2.05, 4.69) is 27.9 Å². The first kappa shape index (κ1) is 17.8. The third kappa shape index (κ3) is 3.60. The SMILES string of the molecule is CCOC(=O)c1ccc(OCc2cn(-c3cccnc3)c3ccccc23)cc1. The average Bonchev–Trinajstić information content (AvgIpc) is 3.12. The summed E-state index contributed by atoms with van der Waals surface area (Å²) in [6.07, 6.45) is 5.68. The summed E-state index contributed by atoms with van der Waals surface area (Å²) in [5.41, 5.74) is 3.70. The van der Waals surface area contributed by atoms with Crippen LogP contribution in [-0.4, -0.2) is 22.1 Å². The van der Waals surface area contributed by atoms with Crippen LogP contribution in [0.25, 0.3) is 16.6 Å². The zero-order valence-corrected chi connectivity index (χ0v) is 15.5. The fourth-order valence-electron chi connectivity index (χ4n) is 3.14. The van der Waals surface area contributed by atoms with Crippen molar-refractivity contribution in [2.75, 3.05) is 6.61 Å². The van der Waals surface area contributed by atoms with Gasteiger partial charge in [0.25, 0.3) is 0 Å². The third-order valence-corrected chi connectivity index (χ3v) is 4.48. The molecule has 0 radical (unpaired) electrons. The Kier molecular flexibility index (Phi) is 5.06. The molecule has 0 saturated heterocycles. The third-order valence-electron chi connectivity index (χ3n) is 4.48. The van der Waals surface area contributed by atoms with Gasteiger partial charge in [0.2, 0.25) is 0 Å². The van der Waals surface area contributed by atoms with Gasteiger partial charge >= 0.3 is 5.97 Å². The van der Waals surface area contributed by atoms with Gasteiger partial charge in [-0.15, -0.1) is 0 Å². The van der Waals surface area contributed by atoms with Crippen molar-refractivity contribution in [2.24, 2.45) is 0 Å². The van der Waals surface area contributed by atoms with Gasteiger partial charge in [-0.3, -0.25) is 4.98 Å². The fraction of sp³-hybridized carbons (Fsp3) is 0.130. The predicted octanol–water partition coefficient (Wildman–Crippen LogP) is 4.78. The molecule has 0 aliphatic rings. The van der Waals surface area contributed by atoms with Gasteiger partial charge in [-0.1, -0.05) is 18.2 Å². The van der Waals surface area contributed by atoms with E-state index in [0.29, 0.717) is 24.5 Å². The minimum atomic E-state index is -0.325. The van der Waals surface area contributed by atoms with Crippen molar-refractivity contribution >= 4 is 16.9 Å². The smallest absolute Gasteiger partial charge is 0.338 e. The maximum atomic E-state index is 11.7. The van der Waals surface area contributed by atoms with Crippen LogP contribution < -0.4 is 4.74 Å². The van der Waals surface area contributed by atoms with E-state index in [1.54, 1.807) is 37.4 Å². The van der Waals surface area contributed by atoms with E-state index in [9.17, 15) is 4.79 Å². The highest BCUT2D eigenvalue weighted by Gasteiger charge is 2.11. The second-order valence-corrected chi connectivity index (χ2v) is 6.29. The van der Waals surface area contributed by atoms with E-state index in [1.807, 2.05) is 30.5 Å². The van der Waals surface area contributed by atoms with Gasteiger partial charge in [-0.05, 0) is 49.4 Å². The van der Waals surface area contributed by atoms with E-state index >= 15 is 0 Å². The number of fused-ring (bicyclic) bond motifs is 1. The van der Waals surface area contributed by atoms with Crippen LogP contribution in [-0.2, 0) is 11.3 Å². The van der Waals surface area contributed by atoms with Crippen molar-refractivity contribution in [1.29, 1.82) is 0 Å².